The second kappa shape index (κ2) is 5.85. The smallest absolute Gasteiger partial charge is 0.223 e. The van der Waals surface area contributed by atoms with Crippen LogP contribution in [-0.2, 0) is 4.79 Å². The maximum Gasteiger partial charge on any atom is 0.223 e. The van der Waals surface area contributed by atoms with E-state index in [0.29, 0.717) is 0 Å². The van der Waals surface area contributed by atoms with Gasteiger partial charge >= 0.3 is 0 Å². The van der Waals surface area contributed by atoms with E-state index in [-0.39, 0.29) is 17.9 Å². The van der Waals surface area contributed by atoms with E-state index < -0.39 is 0 Å². The highest BCUT2D eigenvalue weighted by molar-refractivity contribution is 7.09. The van der Waals surface area contributed by atoms with Crippen molar-refractivity contribution in [1.82, 2.24) is 10.3 Å². The number of nitrogens with one attached hydrogen (secondary N) is 1. The number of aromatic nitrogens is 1. The molecule has 1 heterocycles. The van der Waals surface area contributed by atoms with Gasteiger partial charge in [-0.2, -0.15) is 0 Å². The lowest BCUT2D eigenvalue weighted by Gasteiger charge is -2.15. The average molecular weight is 226 g/mol. The zero-order valence-electron chi connectivity index (χ0n) is 9.49. The maximum absolute atomic E-state index is 11.7. The fourth-order valence-electron chi connectivity index (χ4n) is 1.43. The van der Waals surface area contributed by atoms with Crippen molar-refractivity contribution in [3.8, 4) is 0 Å². The molecule has 4 heteroatoms. The first-order chi connectivity index (χ1) is 7.15. The van der Waals surface area contributed by atoms with Crippen molar-refractivity contribution in [2.24, 2.45) is 5.92 Å². The van der Waals surface area contributed by atoms with Gasteiger partial charge in [0.1, 0.15) is 5.01 Å². The van der Waals surface area contributed by atoms with E-state index in [1.54, 1.807) is 17.5 Å². The zero-order chi connectivity index (χ0) is 11.3. The maximum atomic E-state index is 11.7. The molecule has 0 bridgehead atoms. The zero-order valence-corrected chi connectivity index (χ0v) is 10.3. The average Bonchev–Trinajstić information content (AvgIpc) is 2.70. The Hall–Kier alpha value is -0.900. The van der Waals surface area contributed by atoms with Crippen LogP contribution in [0.3, 0.4) is 0 Å². The van der Waals surface area contributed by atoms with Gasteiger partial charge in [-0.1, -0.05) is 20.3 Å². The largest absolute Gasteiger partial charge is 0.347 e. The number of carbonyl (C=O) groups is 1. The Morgan fingerprint density at radius 3 is 2.87 bits per heavy atom. The van der Waals surface area contributed by atoms with E-state index in [1.807, 2.05) is 19.2 Å². The number of rotatable bonds is 5. The first-order valence-corrected chi connectivity index (χ1v) is 6.22. The van der Waals surface area contributed by atoms with Gasteiger partial charge in [0, 0.05) is 17.5 Å². The lowest BCUT2D eigenvalue weighted by atomic mass is 10.1. The Kier molecular flexibility index (Phi) is 4.75. The van der Waals surface area contributed by atoms with E-state index in [0.717, 1.165) is 17.8 Å². The molecule has 0 saturated heterocycles. The van der Waals surface area contributed by atoms with Gasteiger partial charge in [-0.05, 0) is 13.3 Å². The molecule has 1 aromatic heterocycles. The van der Waals surface area contributed by atoms with Gasteiger partial charge in [-0.3, -0.25) is 4.79 Å². The van der Waals surface area contributed by atoms with Crippen LogP contribution >= 0.6 is 11.3 Å². The lowest BCUT2D eigenvalue weighted by molar-refractivity contribution is -0.125. The molecule has 1 unspecified atom stereocenters. The van der Waals surface area contributed by atoms with Crippen LogP contribution in [0.25, 0.3) is 0 Å². The minimum Gasteiger partial charge on any atom is -0.347 e. The van der Waals surface area contributed by atoms with Crippen molar-refractivity contribution >= 4 is 17.2 Å². The summed E-state index contributed by atoms with van der Waals surface area (Å²) in [6.45, 7) is 6.02. The predicted molar refractivity (Wildman–Crippen MR) is 62.7 cm³/mol. The molecule has 0 spiro atoms. The molecule has 0 aliphatic rings. The molecule has 1 amide bonds. The summed E-state index contributed by atoms with van der Waals surface area (Å²) in [5.74, 6) is 0.219. The molecule has 1 aromatic rings. The second-order valence-corrected chi connectivity index (χ2v) is 4.72. The molecule has 1 N–H and O–H groups in total. The molecular formula is C11H18N2OS. The van der Waals surface area contributed by atoms with Crippen LogP contribution in [0.5, 0.6) is 0 Å². The molecule has 0 fully saturated rings. The van der Waals surface area contributed by atoms with Gasteiger partial charge in [0.05, 0.1) is 6.04 Å². The van der Waals surface area contributed by atoms with Crippen molar-refractivity contribution in [2.45, 2.75) is 39.7 Å². The van der Waals surface area contributed by atoms with Crippen molar-refractivity contribution in [1.29, 1.82) is 0 Å². The van der Waals surface area contributed by atoms with E-state index in [4.69, 9.17) is 0 Å². The highest BCUT2D eigenvalue weighted by Crippen LogP contribution is 2.16. The highest BCUT2D eigenvalue weighted by Gasteiger charge is 2.16. The summed E-state index contributed by atoms with van der Waals surface area (Å²) >= 11 is 1.57. The minimum absolute atomic E-state index is 0.0248. The molecule has 84 valence electrons. The van der Waals surface area contributed by atoms with Crippen LogP contribution in [0.4, 0.5) is 0 Å². The molecule has 15 heavy (non-hydrogen) atoms. The fourth-order valence-corrected chi connectivity index (χ4v) is 2.08. The summed E-state index contributed by atoms with van der Waals surface area (Å²) in [6, 6.07) is 0.0248. The van der Waals surface area contributed by atoms with Crippen molar-refractivity contribution < 1.29 is 4.79 Å². The molecule has 0 aliphatic carbocycles. The third-order valence-electron chi connectivity index (χ3n) is 2.35. The van der Waals surface area contributed by atoms with Crippen LogP contribution in [0, 0.1) is 5.92 Å². The van der Waals surface area contributed by atoms with Gasteiger partial charge in [0.2, 0.25) is 5.91 Å². The van der Waals surface area contributed by atoms with Gasteiger partial charge in [0.15, 0.2) is 0 Å². The molecule has 0 aromatic carbocycles. The molecule has 0 saturated carbocycles. The highest BCUT2D eigenvalue weighted by atomic mass is 32.1. The Morgan fingerprint density at radius 1 is 1.60 bits per heavy atom. The standard InChI is InChI=1S/C11H18N2OS/c1-4-5-8(2)10(14)13-9(3)11-12-6-7-15-11/h6-9H,4-5H2,1-3H3,(H,13,14)/t8?,9-/m0/s1. The number of hydrogen-bond donors (Lipinski definition) is 1. The normalized spacial score (nSPS) is 14.6. The predicted octanol–water partition coefficient (Wildman–Crippen LogP) is 2.76. The third kappa shape index (κ3) is 3.63. The van der Waals surface area contributed by atoms with E-state index in [1.165, 1.54) is 0 Å². The molecule has 2 atom stereocenters. The number of amides is 1. The molecule has 0 aliphatic heterocycles. The molecular weight excluding hydrogens is 208 g/mol. The third-order valence-corrected chi connectivity index (χ3v) is 3.31. The molecule has 0 radical (unpaired) electrons. The van der Waals surface area contributed by atoms with Crippen molar-refractivity contribution in [2.75, 3.05) is 0 Å². The van der Waals surface area contributed by atoms with Crippen LogP contribution in [0.1, 0.15) is 44.7 Å². The second-order valence-electron chi connectivity index (χ2n) is 3.79. The van der Waals surface area contributed by atoms with Crippen LogP contribution < -0.4 is 5.32 Å². The van der Waals surface area contributed by atoms with Gasteiger partial charge < -0.3 is 5.32 Å². The number of nitrogens with zero attached hydrogens (tertiary/aromatic N) is 1. The van der Waals surface area contributed by atoms with Crippen LogP contribution in [0.2, 0.25) is 0 Å². The molecule has 3 nitrogen and oxygen atoms in total. The lowest BCUT2D eigenvalue weighted by Crippen LogP contribution is -2.31. The fraction of sp³-hybridized carbons (Fsp3) is 0.636. The number of thiazole rings is 1. The van der Waals surface area contributed by atoms with Gasteiger partial charge in [-0.25, -0.2) is 4.98 Å². The van der Waals surface area contributed by atoms with Crippen LogP contribution in [-0.4, -0.2) is 10.9 Å². The molecule has 1 rings (SSSR count). The Morgan fingerprint density at radius 2 is 2.33 bits per heavy atom. The first kappa shape index (κ1) is 12.2. The number of hydrogen-bond acceptors (Lipinski definition) is 3. The van der Waals surface area contributed by atoms with Crippen molar-refractivity contribution in [3.63, 3.8) is 0 Å². The Balaban J connectivity index is 2.44. The summed E-state index contributed by atoms with van der Waals surface area (Å²) in [5.41, 5.74) is 0. The van der Waals surface area contributed by atoms with E-state index in [9.17, 15) is 4.79 Å². The van der Waals surface area contributed by atoms with E-state index in [2.05, 4.69) is 17.2 Å². The summed E-state index contributed by atoms with van der Waals surface area (Å²) in [4.78, 5) is 15.9. The summed E-state index contributed by atoms with van der Waals surface area (Å²) in [5, 5.41) is 5.86. The Labute approximate surface area is 94.9 Å². The summed E-state index contributed by atoms with van der Waals surface area (Å²) in [6.07, 6.45) is 3.74. The summed E-state index contributed by atoms with van der Waals surface area (Å²) in [7, 11) is 0. The summed E-state index contributed by atoms with van der Waals surface area (Å²) < 4.78 is 0. The quantitative estimate of drug-likeness (QED) is 0.838. The van der Waals surface area contributed by atoms with Crippen molar-refractivity contribution in [3.05, 3.63) is 16.6 Å². The Bertz CT molecular complexity index is 298. The monoisotopic (exact) mass is 226 g/mol. The van der Waals surface area contributed by atoms with Gasteiger partial charge in [-0.15, -0.1) is 11.3 Å². The number of carbonyl (C=O) groups excluding carboxylic acids is 1. The van der Waals surface area contributed by atoms with E-state index >= 15 is 0 Å². The topological polar surface area (TPSA) is 42.0 Å². The van der Waals surface area contributed by atoms with Gasteiger partial charge in [0.25, 0.3) is 0 Å². The first-order valence-electron chi connectivity index (χ1n) is 5.35. The SMILES string of the molecule is CCCC(C)C(=O)N[C@@H](C)c1nccs1. The minimum atomic E-state index is 0.0248. The van der Waals surface area contributed by atoms with Crippen LogP contribution in [0.15, 0.2) is 11.6 Å².